The molecule has 0 saturated carbocycles. The number of nitrogens with one attached hydrogen (secondary N) is 2. The summed E-state index contributed by atoms with van der Waals surface area (Å²) in [4.78, 5) is 26.2. The van der Waals surface area contributed by atoms with E-state index in [1.807, 2.05) is 62.3 Å². The number of benzene rings is 3. The van der Waals surface area contributed by atoms with Crippen molar-refractivity contribution in [2.45, 2.75) is 20.3 Å². The molecule has 2 N–H and O–H groups in total. The van der Waals surface area contributed by atoms with Crippen molar-refractivity contribution in [1.82, 2.24) is 15.1 Å². The van der Waals surface area contributed by atoms with Crippen molar-refractivity contribution in [2.24, 2.45) is 0 Å². The number of halogens is 1. The summed E-state index contributed by atoms with van der Waals surface area (Å²) in [5, 5.41) is 10.4. The first-order valence-electron chi connectivity index (χ1n) is 12.3. The highest BCUT2D eigenvalue weighted by Crippen LogP contribution is 2.41. The molecule has 0 aliphatic heterocycles. The molecule has 3 aromatic carbocycles. The van der Waals surface area contributed by atoms with Gasteiger partial charge in [0.05, 0.1) is 11.3 Å². The van der Waals surface area contributed by atoms with Gasteiger partial charge in [0.25, 0.3) is 0 Å². The Kier molecular flexibility index (Phi) is 8.06. The van der Waals surface area contributed by atoms with E-state index in [1.165, 1.54) is 23.7 Å². The molecule has 196 valence electrons. The van der Waals surface area contributed by atoms with Crippen LogP contribution in [0.4, 0.5) is 20.6 Å². The Hall–Kier alpha value is -4.66. The minimum atomic E-state index is -0.519. The molecule has 0 atom stereocenters. The van der Waals surface area contributed by atoms with Crippen molar-refractivity contribution in [3.8, 4) is 34.0 Å². The number of esters is 1. The summed E-state index contributed by atoms with van der Waals surface area (Å²) in [5.74, 6) is -0.701. The largest absolute Gasteiger partial charge is 0.407 e. The Labute approximate surface area is 221 Å². The van der Waals surface area contributed by atoms with Crippen LogP contribution in [0.25, 0.3) is 28.1 Å². The fourth-order valence-electron chi connectivity index (χ4n) is 3.90. The van der Waals surface area contributed by atoms with Crippen molar-refractivity contribution < 1.29 is 18.7 Å². The van der Waals surface area contributed by atoms with Crippen LogP contribution in [0, 0.1) is 5.82 Å². The topological polar surface area (TPSA) is 88.5 Å². The van der Waals surface area contributed by atoms with Crippen LogP contribution < -0.4 is 20.3 Å². The first kappa shape index (κ1) is 26.4. The van der Waals surface area contributed by atoms with E-state index in [4.69, 9.17) is 9.84 Å². The van der Waals surface area contributed by atoms with Gasteiger partial charge in [-0.25, -0.2) is 9.18 Å². The average Bonchev–Trinajstić information content (AvgIpc) is 3.26. The standard InChI is InChI=1S/C29H30FN5O3/c1-5-18-31-29(37)32-23-12-6-20(7-13-23)26-27(21-8-14-24(15-9-21)34(3)4)33-35(28(26)38-19(2)36)25-16-10-22(30)11-17-25/h6-17H,5,18H2,1-4H3,(H2,31,32,37). The van der Waals surface area contributed by atoms with Crippen LogP contribution in [0.5, 0.6) is 5.88 Å². The maximum Gasteiger partial charge on any atom is 0.319 e. The lowest BCUT2D eigenvalue weighted by atomic mass is 10.0. The second-order valence-electron chi connectivity index (χ2n) is 8.91. The zero-order valence-corrected chi connectivity index (χ0v) is 21.8. The Balaban J connectivity index is 1.85. The van der Waals surface area contributed by atoms with Gasteiger partial charge in [0.15, 0.2) is 0 Å². The number of anilines is 2. The Bertz CT molecular complexity index is 1410. The van der Waals surface area contributed by atoms with Gasteiger partial charge < -0.3 is 20.3 Å². The number of aromatic nitrogens is 2. The number of nitrogens with zero attached hydrogens (tertiary/aromatic N) is 3. The zero-order chi connectivity index (χ0) is 27.2. The quantitative estimate of drug-likeness (QED) is 0.287. The Morgan fingerprint density at radius 3 is 2.16 bits per heavy atom. The molecule has 8 nitrogen and oxygen atoms in total. The Morgan fingerprint density at radius 1 is 0.947 bits per heavy atom. The van der Waals surface area contributed by atoms with Crippen LogP contribution >= 0.6 is 0 Å². The van der Waals surface area contributed by atoms with Gasteiger partial charge >= 0.3 is 12.0 Å². The molecule has 0 bridgehead atoms. The number of urea groups is 1. The molecule has 4 rings (SSSR count). The van der Waals surface area contributed by atoms with Gasteiger partial charge in [-0.1, -0.05) is 31.2 Å². The molecule has 9 heteroatoms. The van der Waals surface area contributed by atoms with Gasteiger partial charge in [-0.15, -0.1) is 0 Å². The monoisotopic (exact) mass is 515 g/mol. The van der Waals surface area contributed by atoms with Crippen LogP contribution in [0.2, 0.25) is 0 Å². The predicted octanol–water partition coefficient (Wildman–Crippen LogP) is 5.87. The van der Waals surface area contributed by atoms with Crippen molar-refractivity contribution >= 4 is 23.4 Å². The van der Waals surface area contributed by atoms with Gasteiger partial charge in [-0.05, 0) is 60.5 Å². The van der Waals surface area contributed by atoms with Crippen molar-refractivity contribution in [2.75, 3.05) is 30.9 Å². The molecule has 0 fully saturated rings. The second-order valence-corrected chi connectivity index (χ2v) is 8.91. The summed E-state index contributed by atoms with van der Waals surface area (Å²) >= 11 is 0. The van der Waals surface area contributed by atoms with E-state index >= 15 is 0 Å². The molecule has 4 aromatic rings. The molecule has 0 saturated heterocycles. The summed E-state index contributed by atoms with van der Waals surface area (Å²) in [6.07, 6.45) is 0.835. The summed E-state index contributed by atoms with van der Waals surface area (Å²) in [5.41, 5.74) is 4.86. The van der Waals surface area contributed by atoms with Crippen LogP contribution in [0.15, 0.2) is 72.8 Å². The third kappa shape index (κ3) is 6.00. The third-order valence-corrected chi connectivity index (χ3v) is 5.78. The molecule has 0 unspecified atom stereocenters. The summed E-state index contributed by atoms with van der Waals surface area (Å²) < 4.78 is 20.9. The Morgan fingerprint density at radius 2 is 1.58 bits per heavy atom. The number of hydrogen-bond donors (Lipinski definition) is 2. The smallest absolute Gasteiger partial charge is 0.319 e. The fourth-order valence-corrected chi connectivity index (χ4v) is 3.90. The molecule has 38 heavy (non-hydrogen) atoms. The normalized spacial score (nSPS) is 10.7. The van der Waals surface area contributed by atoms with E-state index < -0.39 is 5.97 Å². The molecule has 1 heterocycles. The number of carbonyl (C=O) groups is 2. The fraction of sp³-hybridized carbons (Fsp3) is 0.207. The van der Waals surface area contributed by atoms with E-state index in [9.17, 15) is 14.0 Å². The number of amides is 2. The van der Waals surface area contributed by atoms with E-state index in [1.54, 1.807) is 24.3 Å². The lowest BCUT2D eigenvalue weighted by molar-refractivity contribution is -0.132. The maximum absolute atomic E-state index is 13.7. The van der Waals surface area contributed by atoms with Gasteiger partial charge in [0, 0.05) is 44.5 Å². The summed E-state index contributed by atoms with van der Waals surface area (Å²) in [6.45, 7) is 3.88. The van der Waals surface area contributed by atoms with E-state index in [-0.39, 0.29) is 17.7 Å². The minimum Gasteiger partial charge on any atom is -0.407 e. The lowest BCUT2D eigenvalue weighted by Crippen LogP contribution is -2.29. The van der Waals surface area contributed by atoms with Crippen molar-refractivity contribution in [1.29, 1.82) is 0 Å². The van der Waals surface area contributed by atoms with E-state index in [0.29, 0.717) is 29.2 Å². The molecule has 0 aliphatic carbocycles. The highest BCUT2D eigenvalue weighted by atomic mass is 19.1. The molecule has 0 spiro atoms. The highest BCUT2D eigenvalue weighted by molar-refractivity contribution is 5.91. The lowest BCUT2D eigenvalue weighted by Gasteiger charge is -2.13. The summed E-state index contributed by atoms with van der Waals surface area (Å²) in [7, 11) is 3.92. The number of hydrogen-bond acceptors (Lipinski definition) is 5. The summed E-state index contributed by atoms with van der Waals surface area (Å²) in [6, 6.07) is 20.5. The first-order valence-corrected chi connectivity index (χ1v) is 12.3. The minimum absolute atomic E-state index is 0.206. The van der Waals surface area contributed by atoms with E-state index in [0.717, 1.165) is 23.2 Å². The molecular weight excluding hydrogens is 485 g/mol. The predicted molar refractivity (Wildman–Crippen MR) is 147 cm³/mol. The first-order chi connectivity index (χ1) is 18.3. The van der Waals surface area contributed by atoms with Gasteiger partial charge in [0.1, 0.15) is 11.5 Å². The van der Waals surface area contributed by atoms with Gasteiger partial charge in [-0.2, -0.15) is 9.78 Å². The number of ether oxygens (including phenoxy) is 1. The molecule has 0 radical (unpaired) electrons. The van der Waals surface area contributed by atoms with Crippen molar-refractivity contribution in [3.63, 3.8) is 0 Å². The number of carbonyl (C=O) groups excluding carboxylic acids is 2. The molecular formula is C29H30FN5O3. The van der Waals surface area contributed by atoms with E-state index in [2.05, 4.69) is 10.6 Å². The molecule has 0 aliphatic rings. The molecule has 2 amide bonds. The van der Waals surface area contributed by atoms with Crippen LogP contribution in [0.3, 0.4) is 0 Å². The van der Waals surface area contributed by atoms with Crippen molar-refractivity contribution in [3.05, 3.63) is 78.6 Å². The average molecular weight is 516 g/mol. The zero-order valence-electron chi connectivity index (χ0n) is 21.8. The third-order valence-electron chi connectivity index (χ3n) is 5.78. The maximum atomic E-state index is 13.7. The SMILES string of the molecule is CCCNC(=O)Nc1ccc(-c2c(-c3ccc(N(C)C)cc3)nn(-c3ccc(F)cc3)c2OC(C)=O)cc1. The van der Waals surface area contributed by atoms with Crippen LogP contribution in [0.1, 0.15) is 20.3 Å². The second kappa shape index (κ2) is 11.6. The van der Waals surface area contributed by atoms with Gasteiger partial charge in [-0.3, -0.25) is 4.79 Å². The molecule has 1 aromatic heterocycles. The van der Waals surface area contributed by atoms with Crippen LogP contribution in [-0.2, 0) is 4.79 Å². The van der Waals surface area contributed by atoms with Crippen LogP contribution in [-0.4, -0.2) is 42.4 Å². The van der Waals surface area contributed by atoms with Gasteiger partial charge in [0.2, 0.25) is 5.88 Å². The highest BCUT2D eigenvalue weighted by Gasteiger charge is 2.25. The number of rotatable bonds is 8.